The maximum absolute atomic E-state index is 11.6. The highest BCUT2D eigenvalue weighted by Gasteiger charge is 2.11. The van der Waals surface area contributed by atoms with Crippen LogP contribution in [0, 0.1) is 11.8 Å². The fraction of sp³-hybridized carbons (Fsp3) is 0.500. The van der Waals surface area contributed by atoms with Gasteiger partial charge in [-0.15, -0.1) is 11.3 Å². The first-order chi connectivity index (χ1) is 8.93. The zero-order valence-corrected chi connectivity index (χ0v) is 12.6. The van der Waals surface area contributed by atoms with E-state index in [9.17, 15) is 8.42 Å². The van der Waals surface area contributed by atoms with Gasteiger partial charge in [0.2, 0.25) is 0 Å². The summed E-state index contributed by atoms with van der Waals surface area (Å²) in [5.74, 6) is 5.72. The molecule has 106 valence electrons. The molecular formula is C12H18N2O3S2. The zero-order chi connectivity index (χ0) is 14.3. The van der Waals surface area contributed by atoms with Crippen LogP contribution >= 0.6 is 11.3 Å². The van der Waals surface area contributed by atoms with Crippen molar-refractivity contribution < 1.29 is 13.5 Å². The summed E-state index contributed by atoms with van der Waals surface area (Å²) >= 11 is 1.45. The molecule has 0 aliphatic rings. The van der Waals surface area contributed by atoms with Crippen molar-refractivity contribution in [2.24, 2.45) is 0 Å². The van der Waals surface area contributed by atoms with Crippen molar-refractivity contribution in [1.29, 1.82) is 0 Å². The van der Waals surface area contributed by atoms with Crippen molar-refractivity contribution in [1.82, 2.24) is 9.44 Å². The van der Waals surface area contributed by atoms with Gasteiger partial charge in [-0.25, -0.2) is 0 Å². The first-order valence-electron chi connectivity index (χ1n) is 5.87. The number of hydrogen-bond donors (Lipinski definition) is 3. The predicted octanol–water partition coefficient (Wildman–Crippen LogP) is 0.814. The zero-order valence-electron chi connectivity index (χ0n) is 10.9. The standard InChI is InChI=1S/C12H18N2O3S2/c1-10(2)14-19(16,17)13-8-12-7-11(9-18-12)5-3-4-6-15/h7,9-10,13-15H,4,6,8H2,1-2H3. The smallest absolute Gasteiger partial charge is 0.277 e. The van der Waals surface area contributed by atoms with Gasteiger partial charge in [0.1, 0.15) is 0 Å². The van der Waals surface area contributed by atoms with Gasteiger partial charge in [0, 0.05) is 34.8 Å². The van der Waals surface area contributed by atoms with E-state index in [1.807, 2.05) is 11.4 Å². The highest BCUT2D eigenvalue weighted by molar-refractivity contribution is 7.87. The van der Waals surface area contributed by atoms with Crippen LogP contribution in [0.5, 0.6) is 0 Å². The molecule has 1 heterocycles. The van der Waals surface area contributed by atoms with Crippen LogP contribution in [-0.4, -0.2) is 26.2 Å². The third-order valence-corrected chi connectivity index (χ3v) is 4.19. The summed E-state index contributed by atoms with van der Waals surface area (Å²) in [7, 11) is -3.45. The van der Waals surface area contributed by atoms with E-state index >= 15 is 0 Å². The third-order valence-electron chi connectivity index (χ3n) is 1.95. The van der Waals surface area contributed by atoms with E-state index in [-0.39, 0.29) is 19.2 Å². The van der Waals surface area contributed by atoms with Crippen LogP contribution in [-0.2, 0) is 16.8 Å². The van der Waals surface area contributed by atoms with Crippen molar-refractivity contribution in [3.63, 3.8) is 0 Å². The van der Waals surface area contributed by atoms with Crippen molar-refractivity contribution in [2.75, 3.05) is 6.61 Å². The molecule has 19 heavy (non-hydrogen) atoms. The molecule has 7 heteroatoms. The maximum atomic E-state index is 11.6. The molecule has 0 unspecified atom stereocenters. The summed E-state index contributed by atoms with van der Waals surface area (Å²) in [6.45, 7) is 3.82. The lowest BCUT2D eigenvalue weighted by atomic mass is 10.3. The lowest BCUT2D eigenvalue weighted by molar-refractivity contribution is 0.305. The Labute approximate surface area is 118 Å². The minimum Gasteiger partial charge on any atom is -0.395 e. The second kappa shape index (κ2) is 7.62. The number of nitrogens with one attached hydrogen (secondary N) is 2. The fourth-order valence-corrected chi connectivity index (χ4v) is 3.17. The minimum atomic E-state index is -3.45. The molecule has 0 atom stereocenters. The second-order valence-corrected chi connectivity index (χ2v) is 6.70. The molecule has 1 aromatic rings. The van der Waals surface area contributed by atoms with Crippen LogP contribution in [0.4, 0.5) is 0 Å². The van der Waals surface area contributed by atoms with Gasteiger partial charge in [0.05, 0.1) is 6.61 Å². The Balaban J connectivity index is 2.53. The SMILES string of the molecule is CC(C)NS(=O)(=O)NCc1cc(C#CCCO)cs1. The lowest BCUT2D eigenvalue weighted by Gasteiger charge is -2.09. The van der Waals surface area contributed by atoms with Crippen LogP contribution in [0.15, 0.2) is 11.4 Å². The van der Waals surface area contributed by atoms with E-state index in [1.165, 1.54) is 11.3 Å². The Morgan fingerprint density at radius 1 is 1.47 bits per heavy atom. The van der Waals surface area contributed by atoms with Gasteiger partial charge in [-0.1, -0.05) is 11.8 Å². The molecule has 0 radical (unpaired) electrons. The van der Waals surface area contributed by atoms with E-state index in [4.69, 9.17) is 5.11 Å². The Morgan fingerprint density at radius 2 is 2.21 bits per heavy atom. The summed E-state index contributed by atoms with van der Waals surface area (Å²) in [6.07, 6.45) is 0.441. The van der Waals surface area contributed by atoms with Gasteiger partial charge < -0.3 is 5.11 Å². The van der Waals surface area contributed by atoms with Crippen LogP contribution in [0.3, 0.4) is 0 Å². The summed E-state index contributed by atoms with van der Waals surface area (Å²) in [6, 6.07) is 1.70. The molecule has 0 aliphatic carbocycles. The fourth-order valence-electron chi connectivity index (χ4n) is 1.28. The van der Waals surface area contributed by atoms with E-state index in [0.717, 1.165) is 10.4 Å². The van der Waals surface area contributed by atoms with E-state index in [1.54, 1.807) is 13.8 Å². The van der Waals surface area contributed by atoms with Gasteiger partial charge in [-0.3, -0.25) is 0 Å². The molecule has 1 rings (SSSR count). The van der Waals surface area contributed by atoms with Crippen molar-refractivity contribution >= 4 is 21.5 Å². The molecule has 0 aromatic carbocycles. The third kappa shape index (κ3) is 6.71. The number of thiophene rings is 1. The minimum absolute atomic E-state index is 0.0463. The Morgan fingerprint density at radius 3 is 2.84 bits per heavy atom. The second-order valence-electron chi connectivity index (χ2n) is 4.17. The summed E-state index contributed by atoms with van der Waals surface area (Å²) in [5, 5.41) is 10.5. The monoisotopic (exact) mass is 302 g/mol. The number of hydrogen-bond acceptors (Lipinski definition) is 4. The molecule has 0 saturated carbocycles. The summed E-state index contributed by atoms with van der Waals surface area (Å²) in [5.41, 5.74) is 0.837. The van der Waals surface area contributed by atoms with Crippen LogP contribution in [0.2, 0.25) is 0 Å². The molecule has 0 saturated heterocycles. The van der Waals surface area contributed by atoms with Crippen LogP contribution in [0.1, 0.15) is 30.7 Å². The number of aliphatic hydroxyl groups excluding tert-OH is 1. The molecular weight excluding hydrogens is 284 g/mol. The molecule has 0 spiro atoms. The van der Waals surface area contributed by atoms with Gasteiger partial charge in [0.25, 0.3) is 10.2 Å². The van der Waals surface area contributed by atoms with Crippen molar-refractivity contribution in [2.45, 2.75) is 32.9 Å². The normalized spacial score (nSPS) is 11.4. The summed E-state index contributed by atoms with van der Waals surface area (Å²) < 4.78 is 28.0. The maximum Gasteiger partial charge on any atom is 0.277 e. The highest BCUT2D eigenvalue weighted by atomic mass is 32.2. The molecule has 1 aromatic heterocycles. The largest absolute Gasteiger partial charge is 0.395 e. The van der Waals surface area contributed by atoms with Gasteiger partial charge in [-0.2, -0.15) is 17.9 Å². The topological polar surface area (TPSA) is 78.4 Å². The van der Waals surface area contributed by atoms with Crippen molar-refractivity contribution in [3.05, 3.63) is 21.9 Å². The summed E-state index contributed by atoms with van der Waals surface area (Å²) in [4.78, 5) is 0.891. The molecule has 0 amide bonds. The van der Waals surface area contributed by atoms with E-state index in [0.29, 0.717) is 6.42 Å². The van der Waals surface area contributed by atoms with E-state index in [2.05, 4.69) is 21.3 Å². The Kier molecular flexibility index (Phi) is 6.48. The van der Waals surface area contributed by atoms with Crippen molar-refractivity contribution in [3.8, 4) is 11.8 Å². The molecule has 5 nitrogen and oxygen atoms in total. The Hall–Kier alpha value is -0.910. The average molecular weight is 302 g/mol. The number of rotatable bonds is 6. The molecule has 0 aliphatic heterocycles. The molecule has 3 N–H and O–H groups in total. The Bertz CT molecular complexity index is 553. The molecule has 0 bridgehead atoms. The van der Waals surface area contributed by atoms with E-state index < -0.39 is 10.2 Å². The highest BCUT2D eigenvalue weighted by Crippen LogP contribution is 2.13. The predicted molar refractivity (Wildman–Crippen MR) is 76.9 cm³/mol. The van der Waals surface area contributed by atoms with Gasteiger partial charge in [-0.05, 0) is 19.9 Å². The quantitative estimate of drug-likeness (QED) is 0.681. The molecule has 0 fully saturated rings. The average Bonchev–Trinajstić information content (AvgIpc) is 2.73. The lowest BCUT2D eigenvalue weighted by Crippen LogP contribution is -2.39. The first kappa shape index (κ1) is 16.1. The van der Waals surface area contributed by atoms with Gasteiger partial charge in [0.15, 0.2) is 0 Å². The number of aliphatic hydroxyl groups is 1. The van der Waals surface area contributed by atoms with Crippen LogP contribution in [0.25, 0.3) is 0 Å². The van der Waals surface area contributed by atoms with Gasteiger partial charge >= 0.3 is 0 Å². The van der Waals surface area contributed by atoms with Crippen LogP contribution < -0.4 is 9.44 Å². The first-order valence-corrected chi connectivity index (χ1v) is 8.23.